The number of rotatable bonds is 6. The van der Waals surface area contributed by atoms with Gasteiger partial charge in [-0.15, -0.1) is 22.7 Å². The molecule has 0 aliphatic carbocycles. The Labute approximate surface area is 190 Å². The number of carboxylic acid groups (broad SMARTS) is 1. The largest absolute Gasteiger partial charge is 0.493 e. The van der Waals surface area contributed by atoms with Crippen LogP contribution in [0.3, 0.4) is 0 Å². The fourth-order valence-electron chi connectivity index (χ4n) is 3.71. The molecule has 0 unspecified atom stereocenters. The zero-order chi connectivity index (χ0) is 22.2. The molecule has 32 heavy (non-hydrogen) atoms. The number of carboxylic acids is 1. The van der Waals surface area contributed by atoms with E-state index in [1.807, 2.05) is 0 Å². The van der Waals surface area contributed by atoms with E-state index in [9.17, 15) is 14.3 Å². The third kappa shape index (κ3) is 4.19. The smallest absolute Gasteiger partial charge is 0.345 e. The molecule has 0 fully saturated rings. The number of halogens is 1. The molecule has 9 heteroatoms. The number of thiazole rings is 1. The average Bonchev–Trinajstić information content (AvgIpc) is 3.41. The van der Waals surface area contributed by atoms with Gasteiger partial charge < -0.3 is 19.7 Å². The molecule has 0 radical (unpaired) electrons. The van der Waals surface area contributed by atoms with Gasteiger partial charge in [-0.25, -0.2) is 14.2 Å². The lowest BCUT2D eigenvalue weighted by atomic mass is 9.90. The number of ether oxygens (including phenoxy) is 2. The first-order valence-corrected chi connectivity index (χ1v) is 11.5. The summed E-state index contributed by atoms with van der Waals surface area (Å²) in [7, 11) is 0. The number of aliphatic hydroxyl groups excluding tert-OH is 1. The van der Waals surface area contributed by atoms with Gasteiger partial charge in [0.1, 0.15) is 33.8 Å². The number of fused-ring (bicyclic) bond motifs is 2. The zero-order valence-electron chi connectivity index (χ0n) is 16.7. The summed E-state index contributed by atoms with van der Waals surface area (Å²) in [5.41, 5.74) is 1.24. The summed E-state index contributed by atoms with van der Waals surface area (Å²) in [5.74, 6) is -0.296. The topological polar surface area (TPSA) is 88.9 Å². The Morgan fingerprint density at radius 2 is 2.06 bits per heavy atom. The first kappa shape index (κ1) is 20.9. The van der Waals surface area contributed by atoms with Crippen LogP contribution in [0.4, 0.5) is 4.39 Å². The normalized spacial score (nSPS) is 17.7. The van der Waals surface area contributed by atoms with E-state index in [0.29, 0.717) is 35.6 Å². The second-order valence-electron chi connectivity index (χ2n) is 7.50. The van der Waals surface area contributed by atoms with Crippen molar-refractivity contribution in [3.05, 3.63) is 74.7 Å². The van der Waals surface area contributed by atoms with Crippen LogP contribution in [0.15, 0.2) is 48.5 Å². The molecule has 2 atom stereocenters. The van der Waals surface area contributed by atoms with Crippen molar-refractivity contribution in [3.63, 3.8) is 0 Å². The van der Waals surface area contributed by atoms with Crippen LogP contribution in [0, 0.1) is 11.7 Å². The second kappa shape index (κ2) is 8.50. The molecular formula is C23H18FNO5S2. The molecule has 1 aliphatic heterocycles. The molecule has 0 amide bonds. The van der Waals surface area contributed by atoms with E-state index in [1.165, 1.54) is 34.8 Å². The van der Waals surface area contributed by atoms with Crippen LogP contribution in [0.5, 0.6) is 11.5 Å². The molecule has 6 nitrogen and oxygen atoms in total. The van der Waals surface area contributed by atoms with Gasteiger partial charge in [0.05, 0.1) is 22.9 Å². The lowest BCUT2D eigenvalue weighted by Gasteiger charge is -2.30. The molecule has 0 saturated carbocycles. The van der Waals surface area contributed by atoms with Gasteiger partial charge in [0.15, 0.2) is 0 Å². The van der Waals surface area contributed by atoms with Crippen LogP contribution >= 0.6 is 22.7 Å². The van der Waals surface area contributed by atoms with Gasteiger partial charge in [0.2, 0.25) is 0 Å². The number of hydrogen-bond donors (Lipinski definition) is 2. The molecule has 0 saturated heterocycles. The summed E-state index contributed by atoms with van der Waals surface area (Å²) in [6.45, 7) is 0.574. The SMILES string of the molecule is O=C(O)c1ccc(C[C@H]2COc3ccc(OCc4nc5cc(F)ccc5s4)cc3[C@H]2O)s1. The van der Waals surface area contributed by atoms with E-state index < -0.39 is 12.1 Å². The van der Waals surface area contributed by atoms with Gasteiger partial charge >= 0.3 is 5.97 Å². The monoisotopic (exact) mass is 471 g/mol. The lowest BCUT2D eigenvalue weighted by molar-refractivity contribution is 0.0508. The number of nitrogens with zero attached hydrogens (tertiary/aromatic N) is 1. The molecule has 0 bridgehead atoms. The van der Waals surface area contributed by atoms with Crippen molar-refractivity contribution < 1.29 is 28.9 Å². The predicted molar refractivity (Wildman–Crippen MR) is 119 cm³/mol. The Balaban J connectivity index is 1.29. The van der Waals surface area contributed by atoms with Crippen molar-refractivity contribution in [2.45, 2.75) is 19.1 Å². The third-order valence-corrected chi connectivity index (χ3v) is 7.40. The summed E-state index contributed by atoms with van der Waals surface area (Å²) in [5, 5.41) is 20.8. The summed E-state index contributed by atoms with van der Waals surface area (Å²) in [6.07, 6.45) is -0.241. The Bertz CT molecular complexity index is 1300. The minimum atomic E-state index is -0.952. The van der Waals surface area contributed by atoms with Crippen LogP contribution in [0.25, 0.3) is 10.2 Å². The highest BCUT2D eigenvalue weighted by Gasteiger charge is 2.30. The van der Waals surface area contributed by atoms with E-state index in [2.05, 4.69) is 4.98 Å². The highest BCUT2D eigenvalue weighted by atomic mass is 32.1. The Morgan fingerprint density at radius 1 is 1.19 bits per heavy atom. The predicted octanol–water partition coefficient (Wildman–Crippen LogP) is 5.06. The van der Waals surface area contributed by atoms with Gasteiger partial charge in [0.25, 0.3) is 0 Å². The third-order valence-electron chi connectivity index (χ3n) is 5.29. The lowest BCUT2D eigenvalue weighted by Crippen LogP contribution is -2.27. The number of hydrogen-bond acceptors (Lipinski definition) is 7. The van der Waals surface area contributed by atoms with Gasteiger partial charge in [-0.3, -0.25) is 0 Å². The Hall–Kier alpha value is -3.01. The number of carbonyl (C=O) groups is 1. The maximum atomic E-state index is 13.4. The summed E-state index contributed by atoms with van der Waals surface area (Å²) < 4.78 is 26.0. The van der Waals surface area contributed by atoms with E-state index in [-0.39, 0.29) is 23.2 Å². The van der Waals surface area contributed by atoms with Crippen molar-refractivity contribution >= 4 is 38.9 Å². The molecule has 2 aromatic heterocycles. The quantitative estimate of drug-likeness (QED) is 0.409. The number of aromatic nitrogens is 1. The van der Waals surface area contributed by atoms with Crippen molar-refractivity contribution in [1.82, 2.24) is 4.98 Å². The van der Waals surface area contributed by atoms with Crippen LogP contribution in [0.1, 0.15) is 31.2 Å². The van der Waals surface area contributed by atoms with E-state index in [1.54, 1.807) is 36.4 Å². The number of aliphatic hydroxyl groups is 1. The standard InChI is InChI=1S/C23H18FNO5S2/c24-13-1-5-19-17(8-13)25-21(32-19)11-29-14-2-4-18-16(9-14)22(26)12(10-30-18)7-15-3-6-20(31-15)23(27)28/h1-6,8-9,12,22,26H,7,10-11H2,(H,27,28)/t12-,22-/m0/s1. The van der Waals surface area contributed by atoms with Crippen molar-refractivity contribution in [3.8, 4) is 11.5 Å². The van der Waals surface area contributed by atoms with Crippen LogP contribution in [-0.4, -0.2) is 27.8 Å². The zero-order valence-corrected chi connectivity index (χ0v) is 18.3. The average molecular weight is 472 g/mol. The van der Waals surface area contributed by atoms with Crippen molar-refractivity contribution in [2.24, 2.45) is 5.92 Å². The summed E-state index contributed by atoms with van der Waals surface area (Å²) >= 11 is 2.65. The highest BCUT2D eigenvalue weighted by molar-refractivity contribution is 7.18. The second-order valence-corrected chi connectivity index (χ2v) is 9.78. The van der Waals surface area contributed by atoms with Gasteiger partial charge in [0, 0.05) is 22.4 Å². The molecular weight excluding hydrogens is 453 g/mol. The van der Waals surface area contributed by atoms with Gasteiger partial charge in [-0.05, 0) is 48.9 Å². The number of benzene rings is 2. The van der Waals surface area contributed by atoms with Crippen LogP contribution in [0.2, 0.25) is 0 Å². The molecule has 0 spiro atoms. The Kier molecular flexibility index (Phi) is 5.54. The van der Waals surface area contributed by atoms with Crippen molar-refractivity contribution in [2.75, 3.05) is 6.61 Å². The fraction of sp³-hybridized carbons (Fsp3) is 0.217. The summed E-state index contributed by atoms with van der Waals surface area (Å²) in [6, 6.07) is 13.2. The fourth-order valence-corrected chi connectivity index (χ4v) is 5.51. The highest BCUT2D eigenvalue weighted by Crippen LogP contribution is 2.39. The summed E-state index contributed by atoms with van der Waals surface area (Å²) in [4.78, 5) is 16.7. The van der Waals surface area contributed by atoms with E-state index >= 15 is 0 Å². The first-order chi connectivity index (χ1) is 15.5. The molecule has 4 aromatic rings. The minimum Gasteiger partial charge on any atom is -0.493 e. The van der Waals surface area contributed by atoms with Crippen LogP contribution < -0.4 is 9.47 Å². The molecule has 5 rings (SSSR count). The van der Waals surface area contributed by atoms with Crippen molar-refractivity contribution in [1.29, 1.82) is 0 Å². The van der Waals surface area contributed by atoms with Gasteiger partial charge in [-0.2, -0.15) is 0 Å². The molecule has 3 heterocycles. The maximum Gasteiger partial charge on any atom is 0.345 e. The Morgan fingerprint density at radius 3 is 2.88 bits per heavy atom. The molecule has 2 aromatic carbocycles. The molecule has 1 aliphatic rings. The number of thiophene rings is 1. The minimum absolute atomic E-state index is 0.197. The maximum absolute atomic E-state index is 13.4. The molecule has 2 N–H and O–H groups in total. The molecule has 164 valence electrons. The van der Waals surface area contributed by atoms with E-state index in [4.69, 9.17) is 14.6 Å². The van der Waals surface area contributed by atoms with E-state index in [0.717, 1.165) is 14.6 Å². The number of aromatic carboxylic acids is 1. The van der Waals surface area contributed by atoms with Crippen LogP contribution in [-0.2, 0) is 13.0 Å². The van der Waals surface area contributed by atoms with Gasteiger partial charge in [-0.1, -0.05) is 0 Å². The first-order valence-electron chi connectivity index (χ1n) is 9.91.